The van der Waals surface area contributed by atoms with Gasteiger partial charge in [-0.2, -0.15) is 0 Å². The van der Waals surface area contributed by atoms with Crippen molar-refractivity contribution in [1.29, 1.82) is 0 Å². The molecule has 2 atom stereocenters. The highest BCUT2D eigenvalue weighted by Crippen LogP contribution is 2.89. The van der Waals surface area contributed by atoms with E-state index in [0.29, 0.717) is 12.8 Å². The van der Waals surface area contributed by atoms with E-state index in [9.17, 15) is 0 Å². The van der Waals surface area contributed by atoms with Gasteiger partial charge >= 0.3 is 0 Å². The Morgan fingerprint density at radius 3 is 1.50 bits per heavy atom. The van der Waals surface area contributed by atoms with Crippen molar-refractivity contribution in [1.82, 2.24) is 0 Å². The van der Waals surface area contributed by atoms with Gasteiger partial charge in [-0.15, -0.1) is 46.4 Å². The fraction of sp³-hybridized carbons (Fsp3) is 1.00. The topological polar surface area (TPSA) is 0 Å². The molecule has 2 unspecified atom stereocenters. The zero-order valence-electron chi connectivity index (χ0n) is 8.51. The predicted octanol–water partition coefficient (Wildman–Crippen LogP) is 5.68. The normalized spacial score (nSPS) is 43.1. The molecule has 0 saturated heterocycles. The average Bonchev–Trinajstić information content (AvgIpc) is 2.41. The maximum absolute atomic E-state index is 6.51. The summed E-state index contributed by atoms with van der Waals surface area (Å²) >= 11 is 32.5. The highest BCUT2D eigenvalue weighted by atomic mass is 79.9. The van der Waals surface area contributed by atoms with E-state index in [2.05, 4.69) is 31.9 Å². The molecular formula is C10H12Br2Cl4. The van der Waals surface area contributed by atoms with Crippen LogP contribution < -0.4 is 0 Å². The first-order chi connectivity index (χ1) is 7.29. The molecule has 0 N–H and O–H groups in total. The smallest absolute Gasteiger partial charge is 0.102 e. The summed E-state index contributed by atoms with van der Waals surface area (Å²) in [5.41, 5.74) is -0.242. The third kappa shape index (κ3) is 1.66. The second kappa shape index (κ2) is 4.31. The van der Waals surface area contributed by atoms with Crippen LogP contribution >= 0.6 is 78.3 Å². The molecule has 6 heteroatoms. The Labute approximate surface area is 133 Å². The SMILES string of the molecule is ClC1(Cl)CC2(CCBr)C(Cl)(Cl)C2(CCBr)C1. The lowest BCUT2D eigenvalue weighted by atomic mass is 9.92. The van der Waals surface area contributed by atoms with Gasteiger partial charge in [0.25, 0.3) is 0 Å². The van der Waals surface area contributed by atoms with Gasteiger partial charge in [0.1, 0.15) is 8.67 Å². The van der Waals surface area contributed by atoms with Crippen molar-refractivity contribution in [2.75, 3.05) is 10.7 Å². The number of halogens is 6. The second-order valence-corrected chi connectivity index (χ2v) is 9.38. The van der Waals surface area contributed by atoms with Gasteiger partial charge in [0.15, 0.2) is 0 Å². The highest BCUT2D eigenvalue weighted by Gasteiger charge is 2.89. The first kappa shape index (κ1) is 14.5. The number of hydrogen-bond acceptors (Lipinski definition) is 0. The van der Waals surface area contributed by atoms with E-state index in [1.54, 1.807) is 0 Å². The largest absolute Gasteiger partial charge is 0.131 e. The highest BCUT2D eigenvalue weighted by molar-refractivity contribution is 9.09. The molecular weight excluding hydrogens is 422 g/mol. The van der Waals surface area contributed by atoms with Crippen molar-refractivity contribution >= 4 is 78.3 Å². The molecule has 0 spiro atoms. The van der Waals surface area contributed by atoms with Crippen LogP contribution in [0.15, 0.2) is 0 Å². The molecule has 0 aromatic carbocycles. The molecule has 16 heavy (non-hydrogen) atoms. The molecule has 0 bridgehead atoms. The summed E-state index contributed by atoms with van der Waals surface area (Å²) in [7, 11) is 0. The van der Waals surface area contributed by atoms with Crippen LogP contribution in [0.2, 0.25) is 0 Å². The van der Waals surface area contributed by atoms with Crippen molar-refractivity contribution in [3.8, 4) is 0 Å². The van der Waals surface area contributed by atoms with Crippen molar-refractivity contribution < 1.29 is 0 Å². The lowest BCUT2D eigenvalue weighted by molar-refractivity contribution is 0.373. The Kier molecular flexibility index (Phi) is 3.92. The van der Waals surface area contributed by atoms with Crippen LogP contribution in [0.5, 0.6) is 0 Å². The van der Waals surface area contributed by atoms with Gasteiger partial charge < -0.3 is 0 Å². The lowest BCUT2D eigenvalue weighted by Crippen LogP contribution is -2.22. The van der Waals surface area contributed by atoms with E-state index in [-0.39, 0.29) is 10.8 Å². The summed E-state index contributed by atoms with van der Waals surface area (Å²) in [6.07, 6.45) is 3.23. The number of alkyl halides is 6. The Morgan fingerprint density at radius 2 is 1.19 bits per heavy atom. The van der Waals surface area contributed by atoms with Crippen molar-refractivity contribution in [3.63, 3.8) is 0 Å². The minimum absolute atomic E-state index is 0.121. The molecule has 94 valence electrons. The van der Waals surface area contributed by atoms with Crippen LogP contribution in [0.4, 0.5) is 0 Å². The van der Waals surface area contributed by atoms with E-state index >= 15 is 0 Å². The third-order valence-electron chi connectivity index (χ3n) is 4.22. The van der Waals surface area contributed by atoms with Crippen LogP contribution in [0.25, 0.3) is 0 Å². The van der Waals surface area contributed by atoms with Gasteiger partial charge in [-0.25, -0.2) is 0 Å². The maximum Gasteiger partial charge on any atom is 0.131 e. The van der Waals surface area contributed by atoms with Crippen molar-refractivity contribution in [3.05, 3.63) is 0 Å². The zero-order valence-corrected chi connectivity index (χ0v) is 14.7. The van der Waals surface area contributed by atoms with Gasteiger partial charge in [-0.3, -0.25) is 0 Å². The van der Waals surface area contributed by atoms with Crippen LogP contribution in [0.1, 0.15) is 25.7 Å². The zero-order chi connectivity index (χ0) is 12.2. The molecule has 0 radical (unpaired) electrons. The summed E-state index contributed by atoms with van der Waals surface area (Å²) in [5, 5.41) is 1.75. The van der Waals surface area contributed by atoms with E-state index < -0.39 is 8.67 Å². The second-order valence-electron chi connectivity index (χ2n) is 4.83. The lowest BCUT2D eigenvalue weighted by Gasteiger charge is -2.23. The molecule has 0 aromatic heterocycles. The average molecular weight is 434 g/mol. The molecule has 0 amide bonds. The molecule has 2 saturated carbocycles. The van der Waals surface area contributed by atoms with Gasteiger partial charge in [0, 0.05) is 21.5 Å². The van der Waals surface area contributed by atoms with Crippen molar-refractivity contribution in [2.24, 2.45) is 10.8 Å². The Bertz CT molecular complexity index is 281. The summed E-state index contributed by atoms with van der Waals surface area (Å²) in [5.74, 6) is 0. The van der Waals surface area contributed by atoms with Crippen LogP contribution in [0.3, 0.4) is 0 Å². The van der Waals surface area contributed by atoms with E-state index in [0.717, 1.165) is 23.5 Å². The summed E-state index contributed by atoms with van der Waals surface area (Å²) in [4.78, 5) is 0. The van der Waals surface area contributed by atoms with Crippen LogP contribution in [0, 0.1) is 10.8 Å². The standard InChI is InChI=1S/C10H12Br2Cl4/c11-3-1-7-5-9(13,14)6-8(7,2-4-12)10(7,15)16/h1-6H2. The van der Waals surface area contributed by atoms with Gasteiger partial charge in [0.05, 0.1) is 0 Å². The fourth-order valence-corrected chi connectivity index (χ4v) is 7.08. The number of fused-ring (bicyclic) bond motifs is 1. The van der Waals surface area contributed by atoms with Crippen LogP contribution in [-0.2, 0) is 0 Å². The summed E-state index contributed by atoms with van der Waals surface area (Å²) in [6, 6.07) is 0. The Morgan fingerprint density at radius 1 is 0.812 bits per heavy atom. The van der Waals surface area contributed by atoms with Crippen molar-refractivity contribution in [2.45, 2.75) is 34.3 Å². The molecule has 0 aliphatic heterocycles. The van der Waals surface area contributed by atoms with Gasteiger partial charge in [-0.1, -0.05) is 31.9 Å². The Balaban J connectivity index is 2.33. The number of rotatable bonds is 4. The molecule has 0 aromatic rings. The Hall–Kier alpha value is 2.12. The predicted molar refractivity (Wildman–Crippen MR) is 79.8 cm³/mol. The molecule has 2 aliphatic rings. The van der Waals surface area contributed by atoms with Gasteiger partial charge in [-0.05, 0) is 25.7 Å². The minimum Gasteiger partial charge on any atom is -0.102 e. The molecule has 0 nitrogen and oxygen atoms in total. The van der Waals surface area contributed by atoms with Gasteiger partial charge in [0.2, 0.25) is 0 Å². The molecule has 0 heterocycles. The van der Waals surface area contributed by atoms with Crippen LogP contribution in [-0.4, -0.2) is 19.3 Å². The van der Waals surface area contributed by atoms with E-state index in [1.165, 1.54) is 0 Å². The van der Waals surface area contributed by atoms with E-state index in [4.69, 9.17) is 46.4 Å². The third-order valence-corrected chi connectivity index (χ3v) is 6.99. The summed E-state index contributed by atoms with van der Waals surface area (Å²) < 4.78 is -1.34. The monoisotopic (exact) mass is 430 g/mol. The quantitative estimate of drug-likeness (QED) is 0.500. The fourth-order valence-electron chi connectivity index (χ4n) is 3.54. The molecule has 2 rings (SSSR count). The molecule has 2 fully saturated rings. The number of hydrogen-bond donors (Lipinski definition) is 0. The molecule has 2 aliphatic carbocycles. The van der Waals surface area contributed by atoms with E-state index in [1.807, 2.05) is 0 Å². The minimum atomic E-state index is -0.672. The first-order valence-corrected chi connectivity index (χ1v) is 8.92. The first-order valence-electron chi connectivity index (χ1n) is 5.16. The maximum atomic E-state index is 6.51. The summed E-state index contributed by atoms with van der Waals surface area (Å²) in [6.45, 7) is 0.